The van der Waals surface area contributed by atoms with E-state index in [2.05, 4.69) is 244 Å². The SMILES string of the molecule is Brc1ccc2oc3c(ccc4oc5ccc(Br)cc5c43)c2c1.C.C.O[B]Oc1ccc2oc3ccc(-c4ccccc4)cc3c2c1.c1ccc(-c2ccc3oc4ccc(-c5ccc6oc7c(ccc8oc9ccc(-c%10ccc%11oc%12ccc(-c%13ccccc%13)cc%12c%11c%10)cc9c87)c6c5)cc4c3c2)cc1. The minimum Gasteiger partial charge on any atom is -0.537 e. The van der Waals surface area contributed by atoms with Crippen LogP contribution in [-0.2, 0) is 0 Å². The van der Waals surface area contributed by atoms with Gasteiger partial charge in [0.25, 0.3) is 0 Å². The van der Waals surface area contributed by atoms with E-state index in [-0.39, 0.29) is 14.9 Å². The molecule has 0 aliphatic rings. The Bertz CT molecular complexity index is 7120. The van der Waals surface area contributed by atoms with E-state index in [9.17, 15) is 0 Å². The molecule has 12 heteroatoms. The molecule has 9 nitrogen and oxygen atoms in total. The van der Waals surface area contributed by atoms with Gasteiger partial charge in [0, 0.05) is 73.6 Å². The van der Waals surface area contributed by atoms with Crippen molar-refractivity contribution in [2.24, 2.45) is 0 Å². The summed E-state index contributed by atoms with van der Waals surface area (Å²) in [6.45, 7) is 0. The fourth-order valence-electron chi connectivity index (χ4n) is 14.7. The van der Waals surface area contributed by atoms with Crippen LogP contribution in [0.4, 0.5) is 0 Å². The van der Waals surface area contributed by atoms with Gasteiger partial charge in [0.2, 0.25) is 0 Å². The minimum atomic E-state index is 0. The fourth-order valence-corrected chi connectivity index (χ4v) is 15.5. The van der Waals surface area contributed by atoms with Crippen molar-refractivity contribution in [2.75, 3.05) is 0 Å². The maximum atomic E-state index is 8.78. The molecule has 0 saturated heterocycles. The van der Waals surface area contributed by atoms with Crippen molar-refractivity contribution in [2.45, 2.75) is 14.9 Å². The molecule has 0 atom stereocenters. The second-order valence-corrected chi connectivity index (χ2v) is 27.4. The molecule has 0 aliphatic carbocycles. The Labute approximate surface area is 611 Å². The molecule has 22 aromatic rings. The molecule has 497 valence electrons. The Morgan fingerprint density at radius 2 is 0.471 bits per heavy atom. The van der Waals surface area contributed by atoms with E-state index in [1.807, 2.05) is 78.9 Å². The van der Waals surface area contributed by atoms with Crippen molar-refractivity contribution in [3.8, 4) is 61.4 Å². The third-order valence-electron chi connectivity index (χ3n) is 19.6. The average Bonchev–Trinajstić information content (AvgIpc) is 1.59. The van der Waals surface area contributed by atoms with Crippen LogP contribution in [0.1, 0.15) is 14.9 Å². The second-order valence-electron chi connectivity index (χ2n) is 25.6. The van der Waals surface area contributed by atoms with Gasteiger partial charge in [-0.15, -0.1) is 0 Å². The van der Waals surface area contributed by atoms with Crippen molar-refractivity contribution in [1.82, 2.24) is 0 Å². The van der Waals surface area contributed by atoms with Crippen molar-refractivity contribution in [3.63, 3.8) is 0 Å². The third kappa shape index (κ3) is 10.9. The van der Waals surface area contributed by atoms with Crippen LogP contribution in [-0.4, -0.2) is 12.7 Å². The van der Waals surface area contributed by atoms with Crippen LogP contribution >= 0.6 is 31.9 Å². The van der Waals surface area contributed by atoms with Crippen LogP contribution in [0.25, 0.3) is 209 Å². The van der Waals surface area contributed by atoms with E-state index in [1.54, 1.807) is 6.07 Å². The lowest BCUT2D eigenvalue weighted by molar-refractivity contribution is 0.454. The third-order valence-corrected chi connectivity index (χ3v) is 20.6. The zero-order chi connectivity index (χ0) is 67.7. The number of rotatable bonds is 7. The van der Waals surface area contributed by atoms with Gasteiger partial charge in [0.15, 0.2) is 0 Å². The first-order valence-electron chi connectivity index (χ1n) is 33.4. The summed E-state index contributed by atoms with van der Waals surface area (Å²) in [5.41, 5.74) is 23.4. The Morgan fingerprint density at radius 3 is 0.837 bits per heavy atom. The van der Waals surface area contributed by atoms with Crippen LogP contribution < -0.4 is 4.65 Å². The molecule has 0 aliphatic heterocycles. The lowest BCUT2D eigenvalue weighted by atomic mass is 9.98. The summed E-state index contributed by atoms with van der Waals surface area (Å²) >= 11 is 7.06. The highest BCUT2D eigenvalue weighted by Gasteiger charge is 2.21. The number of halogens is 2. The van der Waals surface area contributed by atoms with Gasteiger partial charge in [-0.3, -0.25) is 0 Å². The number of hydrogen-bond acceptors (Lipinski definition) is 9. The number of furan rings is 7. The fraction of sp³-hybridized carbons (Fsp3) is 0.0217. The predicted octanol–water partition coefficient (Wildman–Crippen LogP) is 28.4. The van der Waals surface area contributed by atoms with Crippen LogP contribution in [0.2, 0.25) is 0 Å². The van der Waals surface area contributed by atoms with Crippen molar-refractivity contribution < 1.29 is 40.6 Å². The molecule has 1 N–H and O–H groups in total. The number of hydrogen-bond donors (Lipinski definition) is 1. The molecule has 0 bridgehead atoms. The maximum Gasteiger partial charge on any atom is 0.569 e. The monoisotopic (exact) mass is 1480 g/mol. The highest BCUT2D eigenvalue weighted by Crippen LogP contribution is 2.46. The molecule has 0 unspecified atom stereocenters. The topological polar surface area (TPSA) is 121 Å². The molecule has 1 radical (unpaired) electrons. The molecular formula is C92H58BBr2O9. The summed E-state index contributed by atoms with van der Waals surface area (Å²) in [6.07, 6.45) is 0. The quantitative estimate of drug-likeness (QED) is 0.155. The van der Waals surface area contributed by atoms with Gasteiger partial charge < -0.3 is 40.6 Å². The lowest BCUT2D eigenvalue weighted by Crippen LogP contribution is -1.98. The molecular weight excluding hydrogens is 1420 g/mol. The maximum absolute atomic E-state index is 8.78. The lowest BCUT2D eigenvalue weighted by Gasteiger charge is -2.03. The standard InChI is InChI=1S/C54H30O4.C18H12BO3.C18H8Br2O2.2CH4/c1-3-7-31(8-4-1)33-11-18-46-41(25-33)43-28-36(13-20-48(43)55-46)35-15-22-50-40(27-35)39-17-24-52-53(54(39)58-50)45-30-38(16-23-51(45)57-52)37-14-21-49-44(29-37)42-26-34(12-19-47(42)56-49)32-9-5-2-6-10-32;20-19-22-14-7-9-18-16(11-14)15-10-13(6-8-17(15)21-18)12-4-2-1-3-5-12;19-9-1-4-14-12(7-9)11-3-6-16-17(18(11)22-14)13-8-10(20)2-5-15(13)21-16;;/h1-30H;1-11,20H;1-8H;2*1H4. The van der Waals surface area contributed by atoms with E-state index in [4.69, 9.17) is 40.6 Å². The zero-order valence-electron chi connectivity index (χ0n) is 53.8. The largest absolute Gasteiger partial charge is 0.569 e. The summed E-state index contributed by atoms with van der Waals surface area (Å²) in [5, 5.41) is 23.6. The van der Waals surface area contributed by atoms with Gasteiger partial charge in [-0.05, 0) is 219 Å². The second kappa shape index (κ2) is 25.6. The van der Waals surface area contributed by atoms with E-state index in [0.717, 1.165) is 196 Å². The van der Waals surface area contributed by atoms with Gasteiger partial charge in [-0.25, -0.2) is 0 Å². The first kappa shape index (κ1) is 63.8. The Balaban J connectivity index is 0.000000137. The van der Waals surface area contributed by atoms with Crippen LogP contribution in [0.5, 0.6) is 5.75 Å². The smallest absolute Gasteiger partial charge is 0.537 e. The van der Waals surface area contributed by atoms with Gasteiger partial charge in [-0.2, -0.15) is 0 Å². The first-order valence-corrected chi connectivity index (χ1v) is 35.0. The normalized spacial score (nSPS) is 11.6. The summed E-state index contributed by atoms with van der Waals surface area (Å²) in [5.74, 6) is 0.572. The zero-order valence-corrected chi connectivity index (χ0v) is 57.0. The van der Waals surface area contributed by atoms with Gasteiger partial charge in [-0.1, -0.05) is 180 Å². The van der Waals surface area contributed by atoms with Crippen molar-refractivity contribution in [3.05, 3.63) is 306 Å². The molecule has 104 heavy (non-hydrogen) atoms. The molecule has 0 fully saturated rings. The minimum absolute atomic E-state index is 0. The molecule has 0 spiro atoms. The van der Waals surface area contributed by atoms with Crippen LogP contribution in [0.3, 0.4) is 0 Å². The Kier molecular flexibility index (Phi) is 15.7. The Morgan fingerprint density at radius 1 is 0.221 bits per heavy atom. The molecule has 22 rings (SSSR count). The first-order chi connectivity index (χ1) is 50.2. The molecule has 15 aromatic carbocycles. The highest BCUT2D eigenvalue weighted by molar-refractivity contribution is 9.10. The van der Waals surface area contributed by atoms with Gasteiger partial charge in [0.05, 0.1) is 10.8 Å². The summed E-state index contributed by atoms with van der Waals surface area (Å²) in [4.78, 5) is 0. The summed E-state index contributed by atoms with van der Waals surface area (Å²) in [7, 11) is 0.679. The van der Waals surface area contributed by atoms with Crippen LogP contribution in [0, 0.1) is 0 Å². The Hall–Kier alpha value is -12.3. The van der Waals surface area contributed by atoms with Gasteiger partial charge >= 0.3 is 7.69 Å². The summed E-state index contributed by atoms with van der Waals surface area (Å²) in [6, 6.07) is 102. The van der Waals surface area contributed by atoms with E-state index in [1.165, 1.54) is 22.3 Å². The van der Waals surface area contributed by atoms with E-state index >= 15 is 0 Å². The average molecular weight is 1480 g/mol. The van der Waals surface area contributed by atoms with Crippen molar-refractivity contribution in [1.29, 1.82) is 0 Å². The molecule has 7 aromatic heterocycles. The van der Waals surface area contributed by atoms with Crippen molar-refractivity contribution >= 4 is 193 Å². The molecule has 0 amide bonds. The molecule has 7 heterocycles. The van der Waals surface area contributed by atoms with E-state index in [0.29, 0.717) is 13.4 Å². The number of benzene rings is 15. The van der Waals surface area contributed by atoms with Crippen LogP contribution in [0.15, 0.2) is 337 Å². The van der Waals surface area contributed by atoms with Gasteiger partial charge in [0.1, 0.15) is 83.9 Å². The predicted molar refractivity (Wildman–Crippen MR) is 435 cm³/mol. The molecule has 0 saturated carbocycles. The highest BCUT2D eigenvalue weighted by atomic mass is 79.9. The number of fused-ring (bicyclic) bond motifs is 23. The van der Waals surface area contributed by atoms with E-state index < -0.39 is 0 Å². The summed E-state index contributed by atoms with van der Waals surface area (Å²) < 4.78 is 50.7.